The Morgan fingerprint density at radius 2 is 2.00 bits per heavy atom. The molecule has 0 saturated carbocycles. The first-order chi connectivity index (χ1) is 8.84. The van der Waals surface area contributed by atoms with Crippen LogP contribution in [-0.2, 0) is 19.1 Å². The van der Waals surface area contributed by atoms with Gasteiger partial charge in [-0.2, -0.15) is 0 Å². The van der Waals surface area contributed by atoms with E-state index in [2.05, 4.69) is 10.1 Å². The van der Waals surface area contributed by atoms with Gasteiger partial charge in [-0.1, -0.05) is 0 Å². The Hall–Kier alpha value is -1.67. The molecule has 0 aliphatic carbocycles. The van der Waals surface area contributed by atoms with E-state index >= 15 is 0 Å². The van der Waals surface area contributed by atoms with Crippen LogP contribution in [0, 0.1) is 0 Å². The third-order valence-electron chi connectivity index (χ3n) is 2.54. The van der Waals surface area contributed by atoms with Crippen molar-refractivity contribution in [1.82, 2.24) is 10.2 Å². The molecule has 0 aromatic heterocycles. The highest BCUT2D eigenvalue weighted by Gasteiger charge is 2.40. The minimum absolute atomic E-state index is 0.0465. The number of nitrogens with one attached hydrogen (secondary N) is 1. The fraction of sp³-hybridized carbons (Fsp3) is 0.727. The summed E-state index contributed by atoms with van der Waals surface area (Å²) in [5.74, 6) is -1.49. The number of aliphatic carboxylic acids is 1. The van der Waals surface area contributed by atoms with E-state index in [0.29, 0.717) is 13.1 Å². The number of rotatable bonds is 6. The summed E-state index contributed by atoms with van der Waals surface area (Å²) in [5, 5.41) is 10.6. The standard InChI is InChI=1S/C11H18N2O6/c1-3-18-10(17)12-8(14)4-13-6-11(2,7-13)19-5-9(15)16/h3-7H2,1-2H3,(H,15,16)(H,12,14,17). The number of imide groups is 1. The van der Waals surface area contributed by atoms with Crippen molar-refractivity contribution in [2.45, 2.75) is 19.4 Å². The van der Waals surface area contributed by atoms with Crippen LogP contribution in [0.3, 0.4) is 0 Å². The normalized spacial score (nSPS) is 17.4. The van der Waals surface area contributed by atoms with Crippen LogP contribution in [0.4, 0.5) is 4.79 Å². The van der Waals surface area contributed by atoms with Gasteiger partial charge < -0.3 is 14.6 Å². The molecule has 0 aromatic carbocycles. The average molecular weight is 274 g/mol. The molecule has 19 heavy (non-hydrogen) atoms. The molecular formula is C11H18N2O6. The van der Waals surface area contributed by atoms with Crippen molar-refractivity contribution in [1.29, 1.82) is 0 Å². The zero-order valence-electron chi connectivity index (χ0n) is 11.0. The van der Waals surface area contributed by atoms with E-state index < -0.39 is 23.6 Å². The lowest BCUT2D eigenvalue weighted by Crippen LogP contribution is -2.63. The molecule has 0 atom stereocenters. The molecule has 2 N–H and O–H groups in total. The number of carboxylic acids is 1. The molecule has 1 rings (SSSR count). The Labute approximate surface area is 110 Å². The maximum atomic E-state index is 11.4. The van der Waals surface area contributed by atoms with E-state index in [4.69, 9.17) is 9.84 Å². The van der Waals surface area contributed by atoms with Crippen LogP contribution in [0.5, 0.6) is 0 Å². The van der Waals surface area contributed by atoms with Crippen molar-refractivity contribution < 1.29 is 29.0 Å². The second-order valence-electron chi connectivity index (χ2n) is 4.55. The predicted octanol–water partition coefficient (Wildman–Crippen LogP) is -0.565. The monoisotopic (exact) mass is 274 g/mol. The zero-order valence-corrected chi connectivity index (χ0v) is 11.0. The van der Waals surface area contributed by atoms with Gasteiger partial charge in [0.25, 0.3) is 0 Å². The van der Waals surface area contributed by atoms with Crippen LogP contribution < -0.4 is 5.32 Å². The summed E-state index contributed by atoms with van der Waals surface area (Å²) in [6.07, 6.45) is -0.766. The Bertz CT molecular complexity index is 364. The Balaban J connectivity index is 2.22. The van der Waals surface area contributed by atoms with E-state index in [1.807, 2.05) is 0 Å². The van der Waals surface area contributed by atoms with Crippen molar-refractivity contribution in [3.63, 3.8) is 0 Å². The summed E-state index contributed by atoms with van der Waals surface area (Å²) in [5.41, 5.74) is -0.553. The number of carbonyl (C=O) groups excluding carboxylic acids is 2. The summed E-state index contributed by atoms with van der Waals surface area (Å²) in [6.45, 7) is 4.18. The van der Waals surface area contributed by atoms with E-state index in [1.54, 1.807) is 18.7 Å². The van der Waals surface area contributed by atoms with Crippen molar-refractivity contribution >= 4 is 18.0 Å². The summed E-state index contributed by atoms with van der Waals surface area (Å²) < 4.78 is 9.77. The molecule has 8 nitrogen and oxygen atoms in total. The summed E-state index contributed by atoms with van der Waals surface area (Å²) in [4.78, 5) is 34.5. The maximum Gasteiger partial charge on any atom is 0.413 e. The highest BCUT2D eigenvalue weighted by Crippen LogP contribution is 2.23. The number of carbonyl (C=O) groups is 3. The summed E-state index contributed by atoms with van der Waals surface area (Å²) in [6, 6.07) is 0. The van der Waals surface area contributed by atoms with Crippen molar-refractivity contribution in [3.8, 4) is 0 Å². The molecule has 1 aliphatic rings. The second-order valence-corrected chi connectivity index (χ2v) is 4.55. The van der Waals surface area contributed by atoms with Gasteiger partial charge in [0.1, 0.15) is 6.61 Å². The second kappa shape index (κ2) is 6.48. The number of nitrogens with zero attached hydrogens (tertiary/aromatic N) is 1. The molecule has 1 heterocycles. The first-order valence-corrected chi connectivity index (χ1v) is 5.89. The van der Waals surface area contributed by atoms with Gasteiger partial charge in [0, 0.05) is 13.1 Å². The zero-order chi connectivity index (χ0) is 14.5. The van der Waals surface area contributed by atoms with Crippen molar-refractivity contribution in [2.75, 3.05) is 32.8 Å². The maximum absolute atomic E-state index is 11.4. The van der Waals surface area contributed by atoms with Gasteiger partial charge in [0.15, 0.2) is 0 Å². The predicted molar refractivity (Wildman–Crippen MR) is 63.6 cm³/mol. The number of alkyl carbamates (subject to hydrolysis) is 1. The molecule has 0 spiro atoms. The molecule has 1 fully saturated rings. The number of hydrogen-bond acceptors (Lipinski definition) is 6. The SMILES string of the molecule is CCOC(=O)NC(=O)CN1CC(C)(OCC(=O)O)C1. The van der Waals surface area contributed by atoms with Crippen LogP contribution in [0.2, 0.25) is 0 Å². The number of likely N-dealkylation sites (tertiary alicyclic amines) is 1. The van der Waals surface area contributed by atoms with E-state index in [0.717, 1.165) is 0 Å². The average Bonchev–Trinajstić information content (AvgIpc) is 2.24. The smallest absolute Gasteiger partial charge is 0.413 e. The van der Waals surface area contributed by atoms with Gasteiger partial charge >= 0.3 is 12.1 Å². The lowest BCUT2D eigenvalue weighted by Gasteiger charge is -2.46. The van der Waals surface area contributed by atoms with Crippen LogP contribution in [0.25, 0.3) is 0 Å². The minimum Gasteiger partial charge on any atom is -0.480 e. The molecule has 0 unspecified atom stereocenters. The van der Waals surface area contributed by atoms with Gasteiger partial charge in [-0.15, -0.1) is 0 Å². The highest BCUT2D eigenvalue weighted by atomic mass is 16.5. The van der Waals surface area contributed by atoms with Gasteiger partial charge in [0.05, 0.1) is 18.8 Å². The summed E-state index contributed by atoms with van der Waals surface area (Å²) in [7, 11) is 0. The number of ether oxygens (including phenoxy) is 2. The molecule has 1 aliphatic heterocycles. The van der Waals surface area contributed by atoms with E-state index in [9.17, 15) is 14.4 Å². The molecule has 1 saturated heterocycles. The lowest BCUT2D eigenvalue weighted by atomic mass is 9.96. The fourth-order valence-electron chi connectivity index (χ4n) is 1.86. The number of hydrogen-bond donors (Lipinski definition) is 2. The van der Waals surface area contributed by atoms with Crippen LogP contribution >= 0.6 is 0 Å². The third kappa shape index (κ3) is 5.23. The molecule has 2 amide bonds. The highest BCUT2D eigenvalue weighted by molar-refractivity contribution is 5.92. The van der Waals surface area contributed by atoms with E-state index in [-0.39, 0.29) is 19.8 Å². The Kier molecular flexibility index (Phi) is 5.25. The molecular weight excluding hydrogens is 256 g/mol. The third-order valence-corrected chi connectivity index (χ3v) is 2.54. The van der Waals surface area contributed by atoms with Crippen molar-refractivity contribution in [2.24, 2.45) is 0 Å². The quantitative estimate of drug-likeness (QED) is 0.668. The summed E-state index contributed by atoms with van der Waals surface area (Å²) >= 11 is 0. The van der Waals surface area contributed by atoms with Crippen LogP contribution in [0.15, 0.2) is 0 Å². The largest absolute Gasteiger partial charge is 0.480 e. The van der Waals surface area contributed by atoms with Crippen LogP contribution in [0.1, 0.15) is 13.8 Å². The lowest BCUT2D eigenvalue weighted by molar-refractivity contribution is -0.166. The van der Waals surface area contributed by atoms with E-state index in [1.165, 1.54) is 0 Å². The molecule has 108 valence electrons. The van der Waals surface area contributed by atoms with Gasteiger partial charge in [-0.3, -0.25) is 15.0 Å². The fourth-order valence-corrected chi connectivity index (χ4v) is 1.86. The van der Waals surface area contributed by atoms with Gasteiger partial charge in [-0.05, 0) is 13.8 Å². The molecule has 0 bridgehead atoms. The number of amides is 2. The molecule has 0 radical (unpaired) electrons. The van der Waals surface area contributed by atoms with Gasteiger partial charge in [0.2, 0.25) is 5.91 Å². The van der Waals surface area contributed by atoms with Crippen LogP contribution in [-0.4, -0.2) is 66.4 Å². The Morgan fingerprint density at radius 3 is 2.53 bits per heavy atom. The molecule has 8 heteroatoms. The van der Waals surface area contributed by atoms with Gasteiger partial charge in [-0.25, -0.2) is 9.59 Å². The topological polar surface area (TPSA) is 105 Å². The minimum atomic E-state index is -1.03. The first-order valence-electron chi connectivity index (χ1n) is 5.89. The first kappa shape index (κ1) is 15.4. The Morgan fingerprint density at radius 1 is 1.37 bits per heavy atom. The molecule has 0 aromatic rings. The van der Waals surface area contributed by atoms with Crippen molar-refractivity contribution in [3.05, 3.63) is 0 Å². The number of carboxylic acid groups (broad SMARTS) is 1.